The van der Waals surface area contributed by atoms with Crippen LogP contribution in [-0.4, -0.2) is 48.7 Å². The average molecular weight is 478 g/mol. The number of nitrogens with zero attached hydrogens (tertiary/aromatic N) is 2. The maximum Gasteiger partial charge on any atom is 0.414 e. The number of carbonyl (C=O) groups excluding carboxylic acids is 2. The first kappa shape index (κ1) is 23.9. The standard InChI is InChI=1S/C28H35N3O4/c1-26(2,3)35-25(33)29-24-30-28(23(32)31(24)4)22-16-19(9-8-18-6-7-18)10-11-20(22)17-27(28)14-12-21(34-5)13-15-27/h10-11,16,18,21H,6-7,12-15,17H2,1-5H3,(H,29,30,33). The highest BCUT2D eigenvalue weighted by molar-refractivity contribution is 6.12. The van der Waals surface area contributed by atoms with E-state index in [2.05, 4.69) is 35.4 Å². The normalized spacial score (nSPS) is 29.6. The number of nitrogens with one attached hydrogen (secondary N) is 1. The second-order valence-electron chi connectivity index (χ2n) is 11.4. The van der Waals surface area contributed by atoms with Crippen LogP contribution in [0.4, 0.5) is 4.79 Å². The maximum atomic E-state index is 14.1. The largest absolute Gasteiger partial charge is 0.444 e. The van der Waals surface area contributed by atoms with Crippen molar-refractivity contribution in [1.82, 2.24) is 10.2 Å². The summed E-state index contributed by atoms with van der Waals surface area (Å²) in [5, 5.41) is 2.74. The Balaban J connectivity index is 1.58. The molecule has 2 spiro atoms. The Morgan fingerprint density at radius 2 is 1.91 bits per heavy atom. The third kappa shape index (κ3) is 4.12. The molecule has 1 aliphatic heterocycles. The van der Waals surface area contributed by atoms with E-state index in [9.17, 15) is 9.59 Å². The number of methoxy groups -OCH3 is 1. The number of hydrogen-bond acceptors (Lipinski definition) is 5. The van der Waals surface area contributed by atoms with Gasteiger partial charge in [-0.15, -0.1) is 0 Å². The summed E-state index contributed by atoms with van der Waals surface area (Å²) >= 11 is 0. The number of ether oxygens (including phenoxy) is 2. The van der Waals surface area contributed by atoms with Crippen LogP contribution in [0.3, 0.4) is 0 Å². The number of hydrogen-bond donors (Lipinski definition) is 1. The molecular formula is C28H35N3O4. The fourth-order valence-electron chi connectivity index (χ4n) is 5.90. The molecule has 0 saturated heterocycles. The number of carbonyl (C=O) groups is 2. The van der Waals surface area contributed by atoms with Crippen LogP contribution in [0.1, 0.15) is 76.0 Å². The third-order valence-electron chi connectivity index (χ3n) is 7.84. The molecule has 3 aliphatic carbocycles. The van der Waals surface area contributed by atoms with Gasteiger partial charge in [0.1, 0.15) is 5.60 Å². The van der Waals surface area contributed by atoms with E-state index >= 15 is 0 Å². The molecule has 7 heteroatoms. The molecule has 1 unspecified atom stereocenters. The van der Waals surface area contributed by atoms with E-state index in [4.69, 9.17) is 14.5 Å². The predicted molar refractivity (Wildman–Crippen MR) is 133 cm³/mol. The van der Waals surface area contributed by atoms with Gasteiger partial charge in [-0.25, -0.2) is 9.79 Å². The molecule has 2 fully saturated rings. The van der Waals surface area contributed by atoms with Crippen molar-refractivity contribution in [3.8, 4) is 11.8 Å². The van der Waals surface area contributed by atoms with Gasteiger partial charge in [0, 0.05) is 31.1 Å². The summed E-state index contributed by atoms with van der Waals surface area (Å²) in [6, 6.07) is 6.25. The Morgan fingerprint density at radius 3 is 2.54 bits per heavy atom. The minimum Gasteiger partial charge on any atom is -0.444 e. The van der Waals surface area contributed by atoms with Crippen molar-refractivity contribution in [2.24, 2.45) is 16.3 Å². The van der Waals surface area contributed by atoms with Crippen LogP contribution in [0.5, 0.6) is 0 Å². The highest BCUT2D eigenvalue weighted by Crippen LogP contribution is 2.62. The highest BCUT2D eigenvalue weighted by Gasteiger charge is 2.66. The lowest BCUT2D eigenvalue weighted by atomic mass is 9.61. The van der Waals surface area contributed by atoms with Crippen molar-refractivity contribution in [2.75, 3.05) is 14.2 Å². The quantitative estimate of drug-likeness (QED) is 0.617. The van der Waals surface area contributed by atoms with Crippen LogP contribution in [0.15, 0.2) is 23.2 Å². The fourth-order valence-corrected chi connectivity index (χ4v) is 5.90. The maximum absolute atomic E-state index is 14.1. The summed E-state index contributed by atoms with van der Waals surface area (Å²) in [5.41, 5.74) is 0.873. The Kier molecular flexibility index (Phi) is 5.71. The van der Waals surface area contributed by atoms with E-state index in [1.165, 1.54) is 17.7 Å². The Hall–Kier alpha value is -2.85. The lowest BCUT2D eigenvalue weighted by Crippen LogP contribution is -2.51. The molecule has 2 saturated carbocycles. The van der Waals surface area contributed by atoms with E-state index in [0.717, 1.165) is 48.8 Å². The van der Waals surface area contributed by atoms with Crippen molar-refractivity contribution < 1.29 is 19.1 Å². The van der Waals surface area contributed by atoms with Crippen molar-refractivity contribution in [1.29, 1.82) is 0 Å². The van der Waals surface area contributed by atoms with E-state index in [1.54, 1.807) is 34.9 Å². The van der Waals surface area contributed by atoms with E-state index in [-0.39, 0.29) is 23.4 Å². The number of amides is 2. The predicted octanol–water partition coefficient (Wildman–Crippen LogP) is 4.13. The smallest absolute Gasteiger partial charge is 0.414 e. The molecule has 35 heavy (non-hydrogen) atoms. The van der Waals surface area contributed by atoms with Gasteiger partial charge in [0.15, 0.2) is 5.54 Å². The number of aliphatic imine (C=N–C) groups is 1. The van der Waals surface area contributed by atoms with Gasteiger partial charge in [0.05, 0.1) is 6.10 Å². The molecule has 7 nitrogen and oxygen atoms in total. The van der Waals surface area contributed by atoms with Gasteiger partial charge in [-0.2, -0.15) is 0 Å². The number of likely N-dealkylation sites (N-methyl/N-ethyl adjacent to an activating group) is 1. The van der Waals surface area contributed by atoms with Gasteiger partial charge in [0.25, 0.3) is 5.91 Å². The molecule has 5 rings (SSSR count). The third-order valence-corrected chi connectivity index (χ3v) is 7.84. The van der Waals surface area contributed by atoms with E-state index in [0.29, 0.717) is 5.92 Å². The Bertz CT molecular complexity index is 1140. The molecule has 1 aromatic rings. The molecule has 1 N–H and O–H groups in total. The van der Waals surface area contributed by atoms with Gasteiger partial charge >= 0.3 is 6.09 Å². The van der Waals surface area contributed by atoms with Gasteiger partial charge in [-0.05, 0) is 89.0 Å². The lowest BCUT2D eigenvalue weighted by Gasteiger charge is -2.45. The topological polar surface area (TPSA) is 80.2 Å². The molecule has 4 aliphatic rings. The van der Waals surface area contributed by atoms with Crippen LogP contribution in [0.25, 0.3) is 0 Å². The average Bonchev–Trinajstić information content (AvgIpc) is 3.55. The van der Waals surface area contributed by atoms with Crippen molar-refractivity contribution >= 4 is 18.0 Å². The Labute approximate surface area is 207 Å². The second-order valence-corrected chi connectivity index (χ2v) is 11.4. The first-order valence-corrected chi connectivity index (χ1v) is 12.6. The van der Waals surface area contributed by atoms with E-state index in [1.807, 2.05) is 0 Å². The molecule has 0 aromatic heterocycles. The minimum absolute atomic E-state index is 0.106. The summed E-state index contributed by atoms with van der Waals surface area (Å²) in [7, 11) is 3.43. The molecular weight excluding hydrogens is 442 g/mol. The first-order chi connectivity index (χ1) is 16.6. The summed E-state index contributed by atoms with van der Waals surface area (Å²) in [6.45, 7) is 5.42. The lowest BCUT2D eigenvalue weighted by molar-refractivity contribution is -0.137. The van der Waals surface area contributed by atoms with Crippen molar-refractivity contribution in [2.45, 2.75) is 83.0 Å². The summed E-state index contributed by atoms with van der Waals surface area (Å²) in [5.74, 6) is 7.27. The minimum atomic E-state index is -1.09. The summed E-state index contributed by atoms with van der Waals surface area (Å²) in [6.07, 6.45) is 6.09. The zero-order valence-corrected chi connectivity index (χ0v) is 21.4. The highest BCUT2D eigenvalue weighted by atomic mass is 16.6. The fraction of sp³-hybridized carbons (Fsp3) is 0.607. The zero-order chi connectivity index (χ0) is 25.0. The molecule has 2 amide bonds. The van der Waals surface area contributed by atoms with Crippen LogP contribution in [0, 0.1) is 23.2 Å². The monoisotopic (exact) mass is 477 g/mol. The molecule has 0 bridgehead atoms. The zero-order valence-electron chi connectivity index (χ0n) is 21.4. The number of fused-ring (bicyclic) bond motifs is 3. The molecule has 186 valence electrons. The first-order valence-electron chi connectivity index (χ1n) is 12.6. The molecule has 1 heterocycles. The Morgan fingerprint density at radius 1 is 1.20 bits per heavy atom. The van der Waals surface area contributed by atoms with Crippen molar-refractivity contribution in [3.05, 3.63) is 34.9 Å². The molecule has 1 aromatic carbocycles. The van der Waals surface area contributed by atoms with Crippen molar-refractivity contribution in [3.63, 3.8) is 0 Å². The molecule has 1 atom stereocenters. The number of guanidine groups is 1. The van der Waals surface area contributed by atoms with Crippen LogP contribution >= 0.6 is 0 Å². The number of rotatable bonds is 1. The van der Waals surface area contributed by atoms with Crippen LogP contribution in [-0.2, 0) is 26.2 Å². The second kappa shape index (κ2) is 8.37. The van der Waals surface area contributed by atoms with E-state index < -0.39 is 17.2 Å². The van der Waals surface area contributed by atoms with Crippen LogP contribution < -0.4 is 5.32 Å². The van der Waals surface area contributed by atoms with Gasteiger partial charge in [-0.1, -0.05) is 17.9 Å². The summed E-state index contributed by atoms with van der Waals surface area (Å²) in [4.78, 5) is 33.3. The van der Waals surface area contributed by atoms with Gasteiger partial charge < -0.3 is 9.47 Å². The number of benzene rings is 1. The SMILES string of the molecule is COC1CCC2(CC1)Cc1ccc(C#CC3CC3)cc1C21N=C(NC(=O)OC(C)(C)C)N(C)C1=O. The molecule has 0 radical (unpaired) electrons. The van der Waals surface area contributed by atoms with Gasteiger partial charge in [-0.3, -0.25) is 15.0 Å². The van der Waals surface area contributed by atoms with Crippen LogP contribution in [0.2, 0.25) is 0 Å². The van der Waals surface area contributed by atoms with Gasteiger partial charge in [0.2, 0.25) is 5.96 Å². The number of alkyl carbamates (subject to hydrolysis) is 1. The summed E-state index contributed by atoms with van der Waals surface area (Å²) < 4.78 is 11.1.